The van der Waals surface area contributed by atoms with Crippen LogP contribution in [-0.2, 0) is 15.8 Å². The number of hydrogen-bond acceptors (Lipinski definition) is 3. The molecule has 0 spiro atoms. The lowest BCUT2D eigenvalue weighted by atomic mass is 10.1. The molecule has 1 amide bonds. The second-order valence-electron chi connectivity index (χ2n) is 7.11. The van der Waals surface area contributed by atoms with Crippen LogP contribution in [0.3, 0.4) is 0 Å². The van der Waals surface area contributed by atoms with Crippen LogP contribution in [0.2, 0.25) is 0 Å². The Morgan fingerprint density at radius 2 is 2.07 bits per heavy atom. The predicted molar refractivity (Wildman–Crippen MR) is 110 cm³/mol. The summed E-state index contributed by atoms with van der Waals surface area (Å²) in [5.41, 5.74) is 2.61. The number of aromatic amines is 1. The van der Waals surface area contributed by atoms with Gasteiger partial charge in [-0.15, -0.1) is 0 Å². The maximum atomic E-state index is 13.4. The van der Waals surface area contributed by atoms with Gasteiger partial charge in [-0.05, 0) is 42.3 Å². The number of aliphatic hydroxyl groups excluding tert-OH is 1. The van der Waals surface area contributed by atoms with E-state index >= 15 is 0 Å². The first-order valence-electron chi connectivity index (χ1n) is 9.49. The SMILES string of the molecule is O=C(CCNS(=O)c1ccc(-c2c[nH]c3cc(F)ccc23)cc1)N1CCC(O)C1. The van der Waals surface area contributed by atoms with Gasteiger partial charge in [-0.3, -0.25) is 4.79 Å². The van der Waals surface area contributed by atoms with Crippen LogP contribution in [0.15, 0.2) is 53.6 Å². The van der Waals surface area contributed by atoms with Crippen molar-refractivity contribution in [3.63, 3.8) is 0 Å². The molecular formula is C21H22FN3O3S. The van der Waals surface area contributed by atoms with Gasteiger partial charge in [-0.1, -0.05) is 12.1 Å². The van der Waals surface area contributed by atoms with Crippen LogP contribution in [0.1, 0.15) is 12.8 Å². The molecule has 1 aliphatic heterocycles. The summed E-state index contributed by atoms with van der Waals surface area (Å²) in [5.74, 6) is -0.334. The third kappa shape index (κ3) is 4.39. The van der Waals surface area contributed by atoms with Crippen LogP contribution < -0.4 is 4.72 Å². The van der Waals surface area contributed by atoms with Gasteiger partial charge in [0.1, 0.15) is 16.8 Å². The number of halogens is 1. The number of carbonyl (C=O) groups is 1. The number of β-amino-alcohol motifs (C(OH)–C–C–N with tert-alkyl or cyclic N) is 1. The van der Waals surface area contributed by atoms with Crippen LogP contribution in [0.25, 0.3) is 22.0 Å². The topological polar surface area (TPSA) is 85.4 Å². The fourth-order valence-corrected chi connectivity index (χ4v) is 4.39. The van der Waals surface area contributed by atoms with E-state index in [1.54, 1.807) is 23.1 Å². The minimum Gasteiger partial charge on any atom is -0.391 e. The summed E-state index contributed by atoms with van der Waals surface area (Å²) < 4.78 is 28.7. The van der Waals surface area contributed by atoms with Gasteiger partial charge in [0, 0.05) is 48.7 Å². The van der Waals surface area contributed by atoms with Crippen molar-refractivity contribution >= 4 is 27.8 Å². The number of benzene rings is 2. The summed E-state index contributed by atoms with van der Waals surface area (Å²) in [7, 11) is -1.42. The van der Waals surface area contributed by atoms with Gasteiger partial charge >= 0.3 is 0 Å². The van der Waals surface area contributed by atoms with Crippen molar-refractivity contribution in [1.82, 2.24) is 14.6 Å². The van der Waals surface area contributed by atoms with Crippen LogP contribution in [0.5, 0.6) is 0 Å². The molecule has 2 heterocycles. The first kappa shape index (κ1) is 19.8. The molecule has 0 bridgehead atoms. The number of nitrogens with one attached hydrogen (secondary N) is 2. The molecule has 152 valence electrons. The number of carbonyl (C=O) groups excluding carboxylic acids is 1. The Hall–Kier alpha value is -2.55. The smallest absolute Gasteiger partial charge is 0.223 e. The van der Waals surface area contributed by atoms with Gasteiger partial charge in [0.2, 0.25) is 5.91 Å². The Labute approximate surface area is 170 Å². The zero-order valence-electron chi connectivity index (χ0n) is 15.7. The fraction of sp³-hybridized carbons (Fsp3) is 0.286. The summed E-state index contributed by atoms with van der Waals surface area (Å²) in [6.07, 6.45) is 2.25. The van der Waals surface area contributed by atoms with E-state index in [9.17, 15) is 18.5 Å². The molecule has 29 heavy (non-hydrogen) atoms. The lowest BCUT2D eigenvalue weighted by Gasteiger charge is -2.15. The third-order valence-electron chi connectivity index (χ3n) is 5.11. The molecule has 6 nitrogen and oxygen atoms in total. The van der Waals surface area contributed by atoms with Crippen molar-refractivity contribution in [2.24, 2.45) is 0 Å². The van der Waals surface area contributed by atoms with E-state index in [-0.39, 0.29) is 18.1 Å². The average Bonchev–Trinajstić information content (AvgIpc) is 3.34. The molecule has 8 heteroatoms. The number of aliphatic hydroxyl groups is 1. The first-order chi connectivity index (χ1) is 14.0. The number of nitrogens with zero attached hydrogens (tertiary/aromatic N) is 1. The standard InChI is InChI=1S/C21H22FN3O3S/c22-15-3-6-18-19(12-23-20(18)11-15)14-1-4-17(5-2-14)29(28)24-9-7-21(27)25-10-8-16(26)13-25/h1-6,11-12,16,23-24,26H,7-10,13H2. The number of hydrogen-bond donors (Lipinski definition) is 3. The maximum absolute atomic E-state index is 13.4. The zero-order chi connectivity index (χ0) is 20.4. The fourth-order valence-electron chi connectivity index (χ4n) is 3.56. The van der Waals surface area contributed by atoms with Gasteiger partial charge in [0.05, 0.1) is 11.0 Å². The molecule has 3 N–H and O–H groups in total. The van der Waals surface area contributed by atoms with Gasteiger partial charge < -0.3 is 15.0 Å². The van der Waals surface area contributed by atoms with Crippen LogP contribution in [0, 0.1) is 5.82 Å². The molecule has 0 radical (unpaired) electrons. The van der Waals surface area contributed by atoms with Crippen molar-refractivity contribution in [3.8, 4) is 11.1 Å². The molecule has 0 aliphatic carbocycles. The van der Waals surface area contributed by atoms with E-state index in [4.69, 9.17) is 0 Å². The second kappa shape index (κ2) is 8.44. The van der Waals surface area contributed by atoms with Crippen LogP contribution in [-0.4, -0.2) is 50.8 Å². The number of aromatic nitrogens is 1. The third-order valence-corrected chi connectivity index (χ3v) is 6.28. The Morgan fingerprint density at radius 1 is 1.28 bits per heavy atom. The molecule has 1 aromatic heterocycles. The van der Waals surface area contributed by atoms with Gasteiger partial charge in [0.15, 0.2) is 0 Å². The minimum absolute atomic E-state index is 0.0443. The molecule has 1 fully saturated rings. The molecule has 1 saturated heterocycles. The lowest BCUT2D eigenvalue weighted by Crippen LogP contribution is -2.32. The highest BCUT2D eigenvalue weighted by atomic mass is 32.2. The van der Waals surface area contributed by atoms with E-state index in [2.05, 4.69) is 9.71 Å². The van der Waals surface area contributed by atoms with Gasteiger partial charge in [-0.25, -0.2) is 13.3 Å². The summed E-state index contributed by atoms with van der Waals surface area (Å²) in [4.78, 5) is 17.4. The number of rotatable bonds is 6. The van der Waals surface area contributed by atoms with Crippen molar-refractivity contribution in [2.45, 2.75) is 23.8 Å². The highest BCUT2D eigenvalue weighted by Crippen LogP contribution is 2.29. The van der Waals surface area contributed by atoms with E-state index in [0.29, 0.717) is 31.0 Å². The van der Waals surface area contributed by atoms with Gasteiger partial charge in [0.25, 0.3) is 0 Å². The van der Waals surface area contributed by atoms with Gasteiger partial charge in [-0.2, -0.15) is 0 Å². The molecule has 0 saturated carbocycles. The lowest BCUT2D eigenvalue weighted by molar-refractivity contribution is -0.130. The number of amides is 1. The normalized spacial score (nSPS) is 17.7. The summed E-state index contributed by atoms with van der Waals surface area (Å²) in [5, 5.41) is 10.4. The first-order valence-corrected chi connectivity index (χ1v) is 10.6. The van der Waals surface area contributed by atoms with Crippen LogP contribution >= 0.6 is 0 Å². The molecular weight excluding hydrogens is 393 g/mol. The molecule has 2 atom stereocenters. The average molecular weight is 415 g/mol. The van der Waals surface area contributed by atoms with Crippen molar-refractivity contribution in [2.75, 3.05) is 19.6 Å². The maximum Gasteiger partial charge on any atom is 0.223 e. The van der Waals surface area contributed by atoms with Crippen molar-refractivity contribution in [3.05, 3.63) is 54.5 Å². The second-order valence-corrected chi connectivity index (χ2v) is 8.41. The largest absolute Gasteiger partial charge is 0.391 e. The summed E-state index contributed by atoms with van der Waals surface area (Å²) in [6, 6.07) is 11.9. The monoisotopic (exact) mass is 415 g/mol. The molecule has 2 unspecified atom stereocenters. The Balaban J connectivity index is 1.36. The number of H-pyrrole nitrogens is 1. The minimum atomic E-state index is -1.42. The predicted octanol–water partition coefficient (Wildman–Crippen LogP) is 2.57. The number of likely N-dealkylation sites (tertiary alicyclic amines) is 1. The van der Waals surface area contributed by atoms with E-state index < -0.39 is 17.1 Å². The Kier molecular flexibility index (Phi) is 5.75. The summed E-state index contributed by atoms with van der Waals surface area (Å²) >= 11 is 0. The number of fused-ring (bicyclic) bond motifs is 1. The van der Waals surface area contributed by atoms with Crippen LogP contribution in [0.4, 0.5) is 4.39 Å². The molecule has 4 rings (SSSR count). The molecule has 2 aromatic carbocycles. The highest BCUT2D eigenvalue weighted by Gasteiger charge is 2.24. The summed E-state index contributed by atoms with van der Waals surface area (Å²) in [6.45, 7) is 1.25. The molecule has 3 aromatic rings. The Morgan fingerprint density at radius 3 is 2.79 bits per heavy atom. The Bertz CT molecular complexity index is 1050. The molecule has 1 aliphatic rings. The van der Waals surface area contributed by atoms with E-state index in [0.717, 1.165) is 22.0 Å². The van der Waals surface area contributed by atoms with Crippen molar-refractivity contribution < 1.29 is 18.5 Å². The highest BCUT2D eigenvalue weighted by molar-refractivity contribution is 7.83. The van der Waals surface area contributed by atoms with E-state index in [1.807, 2.05) is 18.3 Å². The van der Waals surface area contributed by atoms with Crippen molar-refractivity contribution in [1.29, 1.82) is 0 Å². The zero-order valence-corrected chi connectivity index (χ0v) is 16.5. The van der Waals surface area contributed by atoms with E-state index in [1.165, 1.54) is 12.1 Å². The quantitative estimate of drug-likeness (QED) is 0.578.